The van der Waals surface area contributed by atoms with E-state index in [0.717, 1.165) is 28.2 Å². The Kier molecular flexibility index (Phi) is 7.98. The highest BCUT2D eigenvalue weighted by atomic mass is 32.1. The number of amides is 2. The summed E-state index contributed by atoms with van der Waals surface area (Å²) in [6.45, 7) is 0.963. The van der Waals surface area contributed by atoms with E-state index < -0.39 is 0 Å². The first-order valence-corrected chi connectivity index (χ1v) is 11.9. The van der Waals surface area contributed by atoms with Gasteiger partial charge in [-0.3, -0.25) is 9.59 Å². The van der Waals surface area contributed by atoms with Crippen molar-refractivity contribution < 1.29 is 9.59 Å². The van der Waals surface area contributed by atoms with E-state index in [4.69, 9.17) is 0 Å². The molecule has 6 heteroatoms. The Morgan fingerprint density at radius 3 is 2.26 bits per heavy atom. The number of benzene rings is 3. The van der Waals surface area contributed by atoms with Crippen LogP contribution in [-0.2, 0) is 17.8 Å². The van der Waals surface area contributed by atoms with Gasteiger partial charge in [0.25, 0.3) is 5.91 Å². The summed E-state index contributed by atoms with van der Waals surface area (Å²) in [6.07, 6.45) is 3.98. The van der Waals surface area contributed by atoms with Gasteiger partial charge in [0.2, 0.25) is 5.91 Å². The SMILES string of the molecule is O=C(C=Cc1csc(-c2ccccc2)n1)NCc1ccc(C(=O)NCCc2ccccc2)cc1. The average molecular weight is 468 g/mol. The maximum absolute atomic E-state index is 12.3. The van der Waals surface area contributed by atoms with E-state index in [0.29, 0.717) is 18.7 Å². The molecule has 0 radical (unpaired) electrons. The lowest BCUT2D eigenvalue weighted by Gasteiger charge is -2.07. The van der Waals surface area contributed by atoms with Gasteiger partial charge in [-0.25, -0.2) is 4.98 Å². The van der Waals surface area contributed by atoms with E-state index in [2.05, 4.69) is 15.6 Å². The highest BCUT2D eigenvalue weighted by Crippen LogP contribution is 2.23. The zero-order valence-electron chi connectivity index (χ0n) is 18.6. The van der Waals surface area contributed by atoms with Crippen LogP contribution in [-0.4, -0.2) is 23.3 Å². The molecule has 3 aromatic carbocycles. The molecular formula is C28H25N3O2S. The highest BCUT2D eigenvalue weighted by molar-refractivity contribution is 7.13. The second-order valence-corrected chi connectivity index (χ2v) is 8.54. The summed E-state index contributed by atoms with van der Waals surface area (Å²) >= 11 is 1.54. The van der Waals surface area contributed by atoms with Gasteiger partial charge in [0.1, 0.15) is 5.01 Å². The molecule has 170 valence electrons. The molecule has 0 unspecified atom stereocenters. The van der Waals surface area contributed by atoms with Crippen LogP contribution in [0.3, 0.4) is 0 Å². The molecule has 0 saturated heterocycles. The fourth-order valence-electron chi connectivity index (χ4n) is 3.33. The smallest absolute Gasteiger partial charge is 0.251 e. The molecule has 0 atom stereocenters. The lowest BCUT2D eigenvalue weighted by atomic mass is 10.1. The van der Waals surface area contributed by atoms with Gasteiger partial charge in [-0.1, -0.05) is 72.8 Å². The van der Waals surface area contributed by atoms with Crippen LogP contribution in [0.4, 0.5) is 0 Å². The standard InChI is InChI=1S/C28H25N3O2S/c32-26(16-15-25-20-34-28(31-25)24-9-5-2-6-10-24)30-19-22-11-13-23(14-12-22)27(33)29-18-17-21-7-3-1-4-8-21/h1-16,20H,17-19H2,(H,29,33)(H,30,32). The number of rotatable bonds is 9. The van der Waals surface area contributed by atoms with Crippen LogP contribution >= 0.6 is 11.3 Å². The van der Waals surface area contributed by atoms with Crippen molar-refractivity contribution in [3.63, 3.8) is 0 Å². The molecule has 0 saturated carbocycles. The first kappa shape index (κ1) is 23.1. The molecule has 4 rings (SSSR count). The van der Waals surface area contributed by atoms with Crippen molar-refractivity contribution in [3.05, 3.63) is 119 Å². The monoisotopic (exact) mass is 467 g/mol. The second-order valence-electron chi connectivity index (χ2n) is 7.68. The van der Waals surface area contributed by atoms with Crippen LogP contribution in [0.5, 0.6) is 0 Å². The zero-order valence-corrected chi connectivity index (χ0v) is 19.4. The quantitative estimate of drug-likeness (QED) is 0.336. The first-order chi connectivity index (χ1) is 16.7. The number of nitrogens with one attached hydrogen (secondary N) is 2. The summed E-state index contributed by atoms with van der Waals surface area (Å²) < 4.78 is 0. The van der Waals surface area contributed by atoms with E-state index in [9.17, 15) is 9.59 Å². The lowest BCUT2D eigenvalue weighted by Crippen LogP contribution is -2.25. The molecule has 5 nitrogen and oxygen atoms in total. The minimum absolute atomic E-state index is 0.104. The number of aromatic nitrogens is 1. The predicted octanol–water partition coefficient (Wildman–Crippen LogP) is 5.11. The molecule has 34 heavy (non-hydrogen) atoms. The number of carbonyl (C=O) groups is 2. The van der Waals surface area contributed by atoms with Crippen molar-refractivity contribution in [2.45, 2.75) is 13.0 Å². The van der Waals surface area contributed by atoms with Gasteiger partial charge in [0, 0.05) is 35.7 Å². The Morgan fingerprint density at radius 2 is 1.53 bits per heavy atom. The summed E-state index contributed by atoms with van der Waals surface area (Å²) in [4.78, 5) is 29.1. The Hall–Kier alpha value is -4.03. The fraction of sp³-hybridized carbons (Fsp3) is 0.107. The van der Waals surface area contributed by atoms with Crippen molar-refractivity contribution in [1.82, 2.24) is 15.6 Å². The number of hydrogen-bond acceptors (Lipinski definition) is 4. The predicted molar refractivity (Wildman–Crippen MR) is 137 cm³/mol. The Bertz CT molecular complexity index is 1250. The summed E-state index contributed by atoms with van der Waals surface area (Å²) in [5.74, 6) is -0.301. The van der Waals surface area contributed by atoms with Crippen LogP contribution in [0.1, 0.15) is 27.2 Å². The largest absolute Gasteiger partial charge is 0.352 e. The van der Waals surface area contributed by atoms with Crippen molar-refractivity contribution >= 4 is 29.2 Å². The van der Waals surface area contributed by atoms with Gasteiger partial charge < -0.3 is 10.6 Å². The van der Waals surface area contributed by atoms with Crippen LogP contribution in [0.2, 0.25) is 0 Å². The van der Waals surface area contributed by atoms with E-state index in [1.165, 1.54) is 11.6 Å². The minimum atomic E-state index is -0.197. The molecule has 0 spiro atoms. The summed E-state index contributed by atoms with van der Waals surface area (Å²) in [7, 11) is 0. The number of thiazole rings is 1. The summed E-state index contributed by atoms with van der Waals surface area (Å²) in [5.41, 5.74) is 4.52. The van der Waals surface area contributed by atoms with Crippen molar-refractivity contribution in [3.8, 4) is 10.6 Å². The number of nitrogens with zero attached hydrogens (tertiary/aromatic N) is 1. The third kappa shape index (κ3) is 6.73. The van der Waals surface area contributed by atoms with Gasteiger partial charge >= 0.3 is 0 Å². The van der Waals surface area contributed by atoms with Crippen molar-refractivity contribution in [2.24, 2.45) is 0 Å². The van der Waals surface area contributed by atoms with Crippen molar-refractivity contribution in [2.75, 3.05) is 6.54 Å². The lowest BCUT2D eigenvalue weighted by molar-refractivity contribution is -0.116. The van der Waals surface area contributed by atoms with Crippen LogP contribution in [0, 0.1) is 0 Å². The van der Waals surface area contributed by atoms with Crippen LogP contribution < -0.4 is 10.6 Å². The first-order valence-electron chi connectivity index (χ1n) is 11.1. The maximum Gasteiger partial charge on any atom is 0.251 e. The molecule has 4 aromatic rings. The molecule has 2 amide bonds. The molecule has 1 aromatic heterocycles. The number of carbonyl (C=O) groups excluding carboxylic acids is 2. The molecule has 0 aliphatic heterocycles. The second kappa shape index (κ2) is 11.7. The topological polar surface area (TPSA) is 71.1 Å². The van der Waals surface area contributed by atoms with E-state index in [-0.39, 0.29) is 11.8 Å². The van der Waals surface area contributed by atoms with Gasteiger partial charge in [-0.15, -0.1) is 11.3 Å². The molecular weight excluding hydrogens is 442 g/mol. The Balaban J connectivity index is 1.22. The average Bonchev–Trinajstić information content (AvgIpc) is 3.37. The van der Waals surface area contributed by atoms with Gasteiger partial charge in [-0.2, -0.15) is 0 Å². The molecule has 1 heterocycles. The Labute approximate surface area is 203 Å². The highest BCUT2D eigenvalue weighted by Gasteiger charge is 2.06. The van der Waals surface area contributed by atoms with Crippen molar-refractivity contribution in [1.29, 1.82) is 0 Å². The van der Waals surface area contributed by atoms with Crippen LogP contribution in [0.15, 0.2) is 96.4 Å². The molecule has 0 fully saturated rings. The van der Waals surface area contributed by atoms with E-state index in [1.807, 2.05) is 78.2 Å². The summed E-state index contributed by atoms with van der Waals surface area (Å²) in [6, 6.07) is 27.2. The van der Waals surface area contributed by atoms with Gasteiger partial charge in [0.05, 0.1) is 5.69 Å². The normalized spacial score (nSPS) is 10.8. The number of hydrogen-bond donors (Lipinski definition) is 2. The molecule has 0 aliphatic carbocycles. The van der Waals surface area contributed by atoms with E-state index in [1.54, 1.807) is 29.5 Å². The molecule has 2 N–H and O–H groups in total. The van der Waals surface area contributed by atoms with E-state index >= 15 is 0 Å². The fourth-order valence-corrected chi connectivity index (χ4v) is 4.12. The molecule has 0 bridgehead atoms. The van der Waals surface area contributed by atoms with Gasteiger partial charge in [-0.05, 0) is 35.8 Å². The third-order valence-electron chi connectivity index (χ3n) is 5.17. The van der Waals surface area contributed by atoms with Crippen LogP contribution in [0.25, 0.3) is 16.6 Å². The maximum atomic E-state index is 12.3. The van der Waals surface area contributed by atoms with Gasteiger partial charge in [0.15, 0.2) is 0 Å². The summed E-state index contributed by atoms with van der Waals surface area (Å²) in [5, 5.41) is 8.64. The zero-order chi connectivity index (χ0) is 23.6. The molecule has 0 aliphatic rings. The Morgan fingerprint density at radius 1 is 0.824 bits per heavy atom. The minimum Gasteiger partial charge on any atom is -0.352 e. The third-order valence-corrected chi connectivity index (χ3v) is 6.08.